The molecule has 7 heteroatoms. The summed E-state index contributed by atoms with van der Waals surface area (Å²) in [5.74, 6) is 0.743. The third-order valence-electron chi connectivity index (χ3n) is 5.03. The monoisotopic (exact) mass is 437 g/mol. The largest absolute Gasteiger partial charge is 0.493 e. The molecule has 1 aromatic heterocycles. The fraction of sp³-hybridized carbons (Fsp3) is 0.280. The highest BCUT2D eigenvalue weighted by molar-refractivity contribution is 5.77. The zero-order valence-corrected chi connectivity index (χ0v) is 18.6. The van der Waals surface area contributed by atoms with Gasteiger partial charge in [0.05, 0.1) is 12.8 Å². The number of nitrogens with one attached hydrogen (secondary N) is 1. The Balaban J connectivity index is 1.46. The first-order chi connectivity index (χ1) is 15.5. The highest BCUT2D eigenvalue weighted by Crippen LogP contribution is 2.28. The van der Waals surface area contributed by atoms with E-state index in [4.69, 9.17) is 9.47 Å². The lowest BCUT2D eigenvalue weighted by Gasteiger charge is -2.18. The second-order valence-corrected chi connectivity index (χ2v) is 7.40. The number of H-pyrrole nitrogens is 1. The number of carbonyl (C=O) groups is 1. The van der Waals surface area contributed by atoms with E-state index in [9.17, 15) is 9.18 Å². The van der Waals surface area contributed by atoms with Crippen LogP contribution in [0.2, 0.25) is 0 Å². The third-order valence-corrected chi connectivity index (χ3v) is 5.03. The van der Waals surface area contributed by atoms with Gasteiger partial charge in [0.2, 0.25) is 0 Å². The number of nitrogens with zero attached hydrogens (tertiary/aromatic N) is 2. The predicted molar refractivity (Wildman–Crippen MR) is 123 cm³/mol. The summed E-state index contributed by atoms with van der Waals surface area (Å²) in [4.78, 5) is 14.1. The van der Waals surface area contributed by atoms with Crippen LogP contribution in [0.4, 0.5) is 4.39 Å². The quantitative estimate of drug-likeness (QED) is 0.498. The Morgan fingerprint density at radius 2 is 1.94 bits per heavy atom. The molecule has 1 amide bonds. The van der Waals surface area contributed by atoms with E-state index in [1.165, 1.54) is 12.1 Å². The molecule has 1 heterocycles. The summed E-state index contributed by atoms with van der Waals surface area (Å²) in [6, 6.07) is 13.8. The van der Waals surface area contributed by atoms with Crippen LogP contribution in [0, 0.1) is 5.82 Å². The molecule has 168 valence electrons. The number of methoxy groups -OCH3 is 1. The van der Waals surface area contributed by atoms with E-state index in [1.54, 1.807) is 37.3 Å². The Kier molecular flexibility index (Phi) is 8.02. The normalized spacial score (nSPS) is 11.0. The van der Waals surface area contributed by atoms with E-state index in [-0.39, 0.29) is 18.3 Å². The van der Waals surface area contributed by atoms with E-state index in [0.29, 0.717) is 18.0 Å². The first-order valence-corrected chi connectivity index (χ1v) is 10.5. The van der Waals surface area contributed by atoms with E-state index >= 15 is 0 Å². The number of aryl methyl sites for hydroxylation is 1. The summed E-state index contributed by atoms with van der Waals surface area (Å²) in [7, 11) is 3.33. The second kappa shape index (κ2) is 11.1. The van der Waals surface area contributed by atoms with Gasteiger partial charge in [-0.1, -0.05) is 18.2 Å². The fourth-order valence-electron chi connectivity index (χ4n) is 3.24. The zero-order chi connectivity index (χ0) is 22.9. The molecule has 3 aromatic rings. The number of likely N-dealkylation sites (N-methyl/N-ethyl adjacent to an activating group) is 1. The lowest BCUT2D eigenvalue weighted by Crippen LogP contribution is -2.32. The number of aromatic nitrogens is 2. The van der Waals surface area contributed by atoms with Gasteiger partial charge in [-0.15, -0.1) is 0 Å². The number of hydrogen-bond acceptors (Lipinski definition) is 4. The Morgan fingerprint density at radius 1 is 1.16 bits per heavy atom. The summed E-state index contributed by atoms with van der Waals surface area (Å²) in [6.45, 7) is 2.47. The number of allylic oxidation sites excluding steroid dienone is 1. The topological polar surface area (TPSA) is 67.5 Å². The average molecular weight is 438 g/mol. The van der Waals surface area contributed by atoms with Gasteiger partial charge in [0.1, 0.15) is 5.82 Å². The number of carbonyl (C=O) groups excluding carboxylic acids is 1. The van der Waals surface area contributed by atoms with Gasteiger partial charge < -0.3 is 14.4 Å². The molecule has 1 N–H and O–H groups in total. The number of aromatic amines is 1. The van der Waals surface area contributed by atoms with Crippen LogP contribution >= 0.6 is 0 Å². The Labute approximate surface area is 187 Å². The number of hydrogen-bond donors (Lipinski definition) is 1. The van der Waals surface area contributed by atoms with E-state index in [0.717, 1.165) is 35.4 Å². The predicted octanol–water partition coefficient (Wildman–Crippen LogP) is 4.73. The first-order valence-electron chi connectivity index (χ1n) is 10.5. The van der Waals surface area contributed by atoms with Crippen molar-refractivity contribution in [1.82, 2.24) is 15.1 Å². The van der Waals surface area contributed by atoms with Gasteiger partial charge in [-0.3, -0.25) is 9.89 Å². The van der Waals surface area contributed by atoms with Gasteiger partial charge in [-0.2, -0.15) is 5.10 Å². The molecular weight excluding hydrogens is 409 g/mol. The van der Waals surface area contributed by atoms with Crippen molar-refractivity contribution < 1.29 is 18.7 Å². The van der Waals surface area contributed by atoms with Crippen LogP contribution in [-0.2, 0) is 11.2 Å². The zero-order valence-electron chi connectivity index (χ0n) is 18.6. The lowest BCUT2D eigenvalue weighted by atomic mass is 10.1. The Bertz CT molecular complexity index is 1060. The molecule has 0 unspecified atom stereocenters. The third kappa shape index (κ3) is 6.20. The Hall–Kier alpha value is -3.61. The molecule has 0 bridgehead atoms. The summed E-state index contributed by atoms with van der Waals surface area (Å²) in [5.41, 5.74) is 3.59. The van der Waals surface area contributed by atoms with Crippen molar-refractivity contribution in [1.29, 1.82) is 0 Å². The van der Waals surface area contributed by atoms with Crippen LogP contribution in [0.3, 0.4) is 0 Å². The minimum atomic E-state index is -0.273. The molecule has 0 fully saturated rings. The maximum absolute atomic E-state index is 13.1. The average Bonchev–Trinajstić information content (AvgIpc) is 3.27. The number of ether oxygens (including phenoxy) is 2. The molecule has 2 aromatic carbocycles. The molecule has 0 saturated carbocycles. The molecule has 32 heavy (non-hydrogen) atoms. The molecule has 0 aliphatic heterocycles. The standard InChI is InChI=1S/C25H28FN3O3/c1-4-6-18-8-13-23(24(15-18)31-3)32-17-25(30)29(2)14-5-7-21-16-22(28-27-21)19-9-11-20(26)12-10-19/h4,6,8-13,15-16H,5,7,14,17H2,1-3H3,(H,27,28). The van der Waals surface area contributed by atoms with Crippen LogP contribution < -0.4 is 9.47 Å². The molecule has 0 radical (unpaired) electrons. The van der Waals surface area contributed by atoms with Gasteiger partial charge in [0.15, 0.2) is 18.1 Å². The van der Waals surface area contributed by atoms with Gasteiger partial charge in [0, 0.05) is 24.8 Å². The van der Waals surface area contributed by atoms with Crippen molar-refractivity contribution in [3.63, 3.8) is 0 Å². The maximum Gasteiger partial charge on any atom is 0.260 e. The highest BCUT2D eigenvalue weighted by Gasteiger charge is 2.12. The van der Waals surface area contributed by atoms with Crippen molar-refractivity contribution in [2.45, 2.75) is 19.8 Å². The minimum Gasteiger partial charge on any atom is -0.493 e. The van der Waals surface area contributed by atoms with Gasteiger partial charge in [-0.05, 0) is 67.8 Å². The summed E-state index contributed by atoms with van der Waals surface area (Å²) < 4.78 is 24.1. The van der Waals surface area contributed by atoms with Crippen LogP contribution in [0.5, 0.6) is 11.5 Å². The van der Waals surface area contributed by atoms with Crippen molar-refractivity contribution in [3.05, 3.63) is 71.7 Å². The molecule has 0 spiro atoms. The summed E-state index contributed by atoms with van der Waals surface area (Å²) in [6.07, 6.45) is 5.43. The molecule has 0 aliphatic carbocycles. The number of amides is 1. The van der Waals surface area contributed by atoms with E-state index in [1.807, 2.05) is 37.3 Å². The van der Waals surface area contributed by atoms with Crippen LogP contribution in [0.15, 0.2) is 54.6 Å². The number of rotatable bonds is 10. The van der Waals surface area contributed by atoms with Crippen molar-refractivity contribution >= 4 is 12.0 Å². The van der Waals surface area contributed by atoms with Crippen molar-refractivity contribution in [2.24, 2.45) is 0 Å². The van der Waals surface area contributed by atoms with Gasteiger partial charge in [0.25, 0.3) is 5.91 Å². The first kappa shape index (κ1) is 23.1. The number of halogens is 1. The number of benzene rings is 2. The molecule has 0 aliphatic rings. The molecule has 6 nitrogen and oxygen atoms in total. The SMILES string of the molecule is CC=Cc1ccc(OCC(=O)N(C)CCCc2cc(-c3ccc(F)cc3)n[nH]2)c(OC)c1. The minimum absolute atomic E-state index is 0.0609. The van der Waals surface area contributed by atoms with Crippen LogP contribution in [0.1, 0.15) is 24.6 Å². The summed E-state index contributed by atoms with van der Waals surface area (Å²) in [5, 5.41) is 7.29. The fourth-order valence-corrected chi connectivity index (χ4v) is 3.24. The molecule has 0 atom stereocenters. The van der Waals surface area contributed by atoms with Gasteiger partial charge in [-0.25, -0.2) is 4.39 Å². The lowest BCUT2D eigenvalue weighted by molar-refractivity contribution is -0.132. The molecule has 0 saturated heterocycles. The van der Waals surface area contributed by atoms with E-state index < -0.39 is 0 Å². The van der Waals surface area contributed by atoms with E-state index in [2.05, 4.69) is 10.2 Å². The Morgan fingerprint density at radius 3 is 2.66 bits per heavy atom. The molecular formula is C25H28FN3O3. The highest BCUT2D eigenvalue weighted by atomic mass is 19.1. The summed E-state index contributed by atoms with van der Waals surface area (Å²) >= 11 is 0. The molecule has 3 rings (SSSR count). The maximum atomic E-state index is 13.1. The second-order valence-electron chi connectivity index (χ2n) is 7.40. The van der Waals surface area contributed by atoms with Crippen LogP contribution in [-0.4, -0.2) is 48.3 Å². The smallest absolute Gasteiger partial charge is 0.260 e. The van der Waals surface area contributed by atoms with Crippen molar-refractivity contribution in [3.8, 4) is 22.8 Å². The van der Waals surface area contributed by atoms with Crippen molar-refractivity contribution in [2.75, 3.05) is 27.3 Å². The van der Waals surface area contributed by atoms with Gasteiger partial charge >= 0.3 is 0 Å². The van der Waals surface area contributed by atoms with Crippen LogP contribution in [0.25, 0.3) is 17.3 Å².